The lowest BCUT2D eigenvalue weighted by Gasteiger charge is -2.25. The summed E-state index contributed by atoms with van der Waals surface area (Å²) in [6.07, 6.45) is -0.338. The van der Waals surface area contributed by atoms with Gasteiger partial charge in [-0.2, -0.15) is 13.2 Å². The monoisotopic (exact) mass is 286 g/mol. The number of hydrogen-bond donors (Lipinski definition) is 0. The van der Waals surface area contributed by atoms with Crippen molar-refractivity contribution in [3.8, 4) is 0 Å². The number of rotatable bonds is 10. The molecule has 110 valence electrons. The summed E-state index contributed by atoms with van der Waals surface area (Å²) < 4.78 is 46.9. The second kappa shape index (κ2) is 8.93. The van der Waals surface area contributed by atoms with Gasteiger partial charge in [-0.25, -0.2) is 0 Å². The molecule has 18 heavy (non-hydrogen) atoms. The highest BCUT2D eigenvalue weighted by Gasteiger charge is 2.31. The van der Waals surface area contributed by atoms with Crippen molar-refractivity contribution in [3.05, 3.63) is 0 Å². The molecule has 0 aliphatic heterocycles. The molecule has 0 saturated heterocycles. The van der Waals surface area contributed by atoms with Gasteiger partial charge in [-0.3, -0.25) is 0 Å². The van der Waals surface area contributed by atoms with Crippen molar-refractivity contribution in [2.75, 3.05) is 13.7 Å². The standard InChI is InChI=1S/C12H25F3O2Si/c1-4-5-6-7-11-18(3,16-2)17-10-8-9-12(13,14)15/h4-11H2,1-3H3. The molecule has 0 rings (SSSR count). The van der Waals surface area contributed by atoms with Crippen LogP contribution in [0.1, 0.15) is 45.4 Å². The summed E-state index contributed by atoms with van der Waals surface area (Å²) in [4.78, 5) is 0. The van der Waals surface area contributed by atoms with E-state index in [-0.39, 0.29) is 13.0 Å². The number of alkyl halides is 3. The maximum Gasteiger partial charge on any atom is 0.389 e. The molecule has 0 spiro atoms. The molecule has 2 nitrogen and oxygen atoms in total. The molecule has 1 atom stereocenters. The molecule has 0 amide bonds. The van der Waals surface area contributed by atoms with Crippen LogP contribution >= 0.6 is 0 Å². The first-order valence-electron chi connectivity index (χ1n) is 6.59. The highest BCUT2D eigenvalue weighted by atomic mass is 28.4. The number of halogens is 3. The van der Waals surface area contributed by atoms with Crippen molar-refractivity contribution >= 4 is 8.56 Å². The summed E-state index contributed by atoms with van der Waals surface area (Å²) >= 11 is 0. The second-order valence-corrected chi connectivity index (χ2v) is 8.18. The Hall–Kier alpha value is -0.0731. The van der Waals surface area contributed by atoms with Crippen molar-refractivity contribution in [2.45, 2.75) is 64.2 Å². The fourth-order valence-electron chi connectivity index (χ4n) is 1.67. The largest absolute Gasteiger partial charge is 0.398 e. The van der Waals surface area contributed by atoms with Gasteiger partial charge in [-0.1, -0.05) is 32.6 Å². The molecule has 0 N–H and O–H groups in total. The third kappa shape index (κ3) is 9.91. The summed E-state index contributed by atoms with van der Waals surface area (Å²) in [5.41, 5.74) is 0. The van der Waals surface area contributed by atoms with Gasteiger partial charge in [0, 0.05) is 20.1 Å². The van der Waals surface area contributed by atoms with E-state index in [1.807, 2.05) is 6.55 Å². The molecular formula is C12H25F3O2Si. The average molecular weight is 286 g/mol. The Kier molecular flexibility index (Phi) is 8.89. The fourth-order valence-corrected chi connectivity index (χ4v) is 3.60. The summed E-state index contributed by atoms with van der Waals surface area (Å²) in [5, 5.41) is 0. The van der Waals surface area contributed by atoms with Gasteiger partial charge >= 0.3 is 14.7 Å². The van der Waals surface area contributed by atoms with Crippen LogP contribution in [0.5, 0.6) is 0 Å². The highest BCUT2D eigenvalue weighted by molar-refractivity contribution is 6.65. The maximum atomic E-state index is 12.0. The van der Waals surface area contributed by atoms with Gasteiger partial charge in [0.1, 0.15) is 0 Å². The zero-order valence-electron chi connectivity index (χ0n) is 11.6. The number of hydrogen-bond acceptors (Lipinski definition) is 2. The minimum atomic E-state index is -4.09. The van der Waals surface area contributed by atoms with Crippen LogP contribution in [0.15, 0.2) is 0 Å². The molecule has 1 unspecified atom stereocenters. The van der Waals surface area contributed by atoms with E-state index < -0.39 is 21.2 Å². The van der Waals surface area contributed by atoms with Gasteiger partial charge in [0.25, 0.3) is 0 Å². The molecule has 0 aliphatic carbocycles. The Morgan fingerprint density at radius 3 is 2.22 bits per heavy atom. The zero-order chi connectivity index (χ0) is 14.1. The summed E-state index contributed by atoms with van der Waals surface area (Å²) in [7, 11) is -0.644. The van der Waals surface area contributed by atoms with Crippen LogP contribution in [0.2, 0.25) is 12.6 Å². The van der Waals surface area contributed by atoms with Crippen LogP contribution in [-0.2, 0) is 8.85 Å². The van der Waals surface area contributed by atoms with Crippen molar-refractivity contribution < 1.29 is 22.0 Å². The van der Waals surface area contributed by atoms with Crippen LogP contribution in [0.3, 0.4) is 0 Å². The Bertz CT molecular complexity index is 212. The quantitative estimate of drug-likeness (QED) is 0.430. The Morgan fingerprint density at radius 1 is 1.06 bits per heavy atom. The van der Waals surface area contributed by atoms with Crippen molar-refractivity contribution in [1.82, 2.24) is 0 Å². The predicted molar refractivity (Wildman–Crippen MR) is 68.8 cm³/mol. The Morgan fingerprint density at radius 2 is 1.72 bits per heavy atom. The first kappa shape index (κ1) is 17.9. The lowest BCUT2D eigenvalue weighted by atomic mass is 10.2. The molecule has 0 radical (unpaired) electrons. The van der Waals surface area contributed by atoms with Crippen LogP contribution in [0.25, 0.3) is 0 Å². The zero-order valence-corrected chi connectivity index (χ0v) is 12.6. The van der Waals surface area contributed by atoms with E-state index in [2.05, 4.69) is 6.92 Å². The average Bonchev–Trinajstić information content (AvgIpc) is 2.29. The topological polar surface area (TPSA) is 18.5 Å². The fraction of sp³-hybridized carbons (Fsp3) is 1.00. The van der Waals surface area contributed by atoms with Crippen LogP contribution in [0.4, 0.5) is 13.2 Å². The molecule has 0 bridgehead atoms. The smallest absolute Gasteiger partial charge is 0.389 e. The molecule has 0 fully saturated rings. The lowest BCUT2D eigenvalue weighted by Crippen LogP contribution is -2.37. The Labute approximate surface area is 109 Å². The van der Waals surface area contributed by atoms with Crippen LogP contribution in [-0.4, -0.2) is 28.5 Å². The molecule has 0 saturated carbocycles. The highest BCUT2D eigenvalue weighted by Crippen LogP contribution is 2.23. The SMILES string of the molecule is CCCCCC[Si](C)(OC)OCCCC(F)(F)F. The van der Waals surface area contributed by atoms with Gasteiger partial charge in [-0.05, 0) is 19.0 Å². The molecule has 6 heteroatoms. The summed E-state index contributed by atoms with van der Waals surface area (Å²) in [6, 6.07) is 0.857. The van der Waals surface area contributed by atoms with Gasteiger partial charge in [-0.15, -0.1) is 0 Å². The minimum Gasteiger partial charge on any atom is -0.398 e. The van der Waals surface area contributed by atoms with E-state index in [0.29, 0.717) is 0 Å². The molecule has 0 aromatic heterocycles. The Balaban J connectivity index is 3.78. The van der Waals surface area contributed by atoms with Gasteiger partial charge < -0.3 is 8.85 Å². The van der Waals surface area contributed by atoms with Crippen molar-refractivity contribution in [1.29, 1.82) is 0 Å². The van der Waals surface area contributed by atoms with Gasteiger partial charge in [0.15, 0.2) is 0 Å². The third-order valence-corrected chi connectivity index (χ3v) is 5.87. The van der Waals surface area contributed by atoms with E-state index in [4.69, 9.17) is 8.85 Å². The summed E-state index contributed by atoms with van der Waals surface area (Å²) in [6.45, 7) is 4.21. The van der Waals surface area contributed by atoms with Crippen molar-refractivity contribution in [3.63, 3.8) is 0 Å². The van der Waals surface area contributed by atoms with Gasteiger partial charge in [0.2, 0.25) is 0 Å². The van der Waals surface area contributed by atoms with E-state index >= 15 is 0 Å². The lowest BCUT2D eigenvalue weighted by molar-refractivity contribution is -0.136. The third-order valence-electron chi connectivity index (χ3n) is 2.93. The first-order chi connectivity index (χ1) is 8.33. The molecule has 0 aromatic rings. The van der Waals surface area contributed by atoms with E-state index in [9.17, 15) is 13.2 Å². The van der Waals surface area contributed by atoms with Gasteiger partial charge in [0.05, 0.1) is 0 Å². The molecule has 0 heterocycles. The summed E-state index contributed by atoms with van der Waals surface area (Å²) in [5.74, 6) is 0. The van der Waals surface area contributed by atoms with Crippen LogP contribution in [0, 0.1) is 0 Å². The first-order valence-corrected chi connectivity index (χ1v) is 9.11. The second-order valence-electron chi connectivity index (χ2n) is 4.72. The molecule has 0 aromatic carbocycles. The van der Waals surface area contributed by atoms with E-state index in [1.54, 1.807) is 7.11 Å². The predicted octanol–water partition coefficient (Wildman–Crippen LogP) is 4.64. The molecular weight excluding hydrogens is 261 g/mol. The van der Waals surface area contributed by atoms with E-state index in [1.165, 1.54) is 6.42 Å². The van der Waals surface area contributed by atoms with Crippen molar-refractivity contribution in [2.24, 2.45) is 0 Å². The minimum absolute atomic E-state index is 0.0183. The maximum absolute atomic E-state index is 12.0. The van der Waals surface area contributed by atoms with Crippen LogP contribution < -0.4 is 0 Å². The normalized spacial score (nSPS) is 15.7. The number of unbranched alkanes of at least 4 members (excludes halogenated alkanes) is 3. The molecule has 0 aliphatic rings. The van der Waals surface area contributed by atoms with E-state index in [0.717, 1.165) is 25.3 Å².